The van der Waals surface area contributed by atoms with Crippen LogP contribution in [0.2, 0.25) is 0 Å². The van der Waals surface area contributed by atoms with Gasteiger partial charge < -0.3 is 5.48 Å². The fraction of sp³-hybridized carbons (Fsp3) is 0. The molecule has 0 saturated heterocycles. The average molecular weight is 243 g/mol. The third-order valence-corrected chi connectivity index (χ3v) is 2.74. The summed E-state index contributed by atoms with van der Waals surface area (Å²) in [6, 6.07) is 7.51. The van der Waals surface area contributed by atoms with Crippen molar-refractivity contribution in [1.29, 1.82) is 0 Å². The number of hydrogen-bond donors (Lipinski definition) is 1. The Morgan fingerprint density at radius 1 is 1.25 bits per heavy atom. The van der Waals surface area contributed by atoms with Crippen molar-refractivity contribution in [3.8, 4) is 11.3 Å². The lowest BCUT2D eigenvalue weighted by molar-refractivity contribution is -0.606. The van der Waals surface area contributed by atoms with Crippen molar-refractivity contribution < 1.29 is 28.1 Å². The van der Waals surface area contributed by atoms with Crippen LogP contribution in [0.3, 0.4) is 0 Å². The number of hydrogen-bond acceptors (Lipinski definition) is 4. The quantitative estimate of drug-likeness (QED) is 0.785. The first kappa shape index (κ1) is 12.4. The maximum absolute atomic E-state index is 10.9. The summed E-state index contributed by atoms with van der Waals surface area (Å²) in [5.74, 6) is 0.500. The van der Waals surface area contributed by atoms with E-state index in [0.717, 1.165) is 0 Å². The number of benzene rings is 1. The maximum Gasteiger partial charge on any atom is 0.294 e. The van der Waals surface area contributed by atoms with Gasteiger partial charge in [0.05, 0.1) is 11.0 Å². The van der Waals surface area contributed by atoms with Crippen LogP contribution in [0.4, 0.5) is 0 Å². The molecule has 7 heteroatoms. The standard InChI is InChI=1S/C9H7NO4S.H2O/c11-15(12,13)8-3-1-2-7(6-8)9-4-5-10-14-9;/h1-6H,(H,11,12,13);1H2. The Balaban J connectivity index is 0.00000128. The molecule has 2 aromatic rings. The second kappa shape index (κ2) is 4.44. The van der Waals surface area contributed by atoms with E-state index in [-0.39, 0.29) is 10.4 Å². The molecule has 3 N–H and O–H groups in total. The minimum absolute atomic E-state index is 0. The van der Waals surface area contributed by atoms with Gasteiger partial charge in [0.15, 0.2) is 0 Å². The predicted octanol–water partition coefficient (Wildman–Crippen LogP) is 0.831. The van der Waals surface area contributed by atoms with E-state index in [0.29, 0.717) is 11.3 Å². The Kier molecular flexibility index (Phi) is 3.43. The Morgan fingerprint density at radius 2 is 2.00 bits per heavy atom. The SMILES string of the molecule is O=S(=O)(O)c1cccc(-c2cc[nH+]o2)c1.[OH-]. The Morgan fingerprint density at radius 3 is 2.56 bits per heavy atom. The van der Waals surface area contributed by atoms with Crippen molar-refractivity contribution in [2.45, 2.75) is 4.90 Å². The van der Waals surface area contributed by atoms with Gasteiger partial charge in [0.2, 0.25) is 12.0 Å². The van der Waals surface area contributed by atoms with E-state index in [1.807, 2.05) is 0 Å². The summed E-state index contributed by atoms with van der Waals surface area (Å²) in [4.78, 5) is -0.156. The van der Waals surface area contributed by atoms with Crippen LogP contribution >= 0.6 is 0 Å². The second-order valence-electron chi connectivity index (χ2n) is 2.92. The molecule has 0 radical (unpaired) electrons. The molecule has 0 aliphatic heterocycles. The Bertz CT molecular complexity index is 561. The smallest absolute Gasteiger partial charge is 0.294 e. The van der Waals surface area contributed by atoms with E-state index in [2.05, 4.69) is 5.16 Å². The topological polar surface area (TPSA) is 112 Å². The van der Waals surface area contributed by atoms with Gasteiger partial charge in [-0.25, -0.2) is 4.52 Å². The lowest BCUT2D eigenvalue weighted by Gasteiger charge is -1.98. The molecule has 0 amide bonds. The van der Waals surface area contributed by atoms with Crippen LogP contribution in [0, 0.1) is 0 Å². The van der Waals surface area contributed by atoms with Crippen LogP contribution in [0.1, 0.15) is 0 Å². The zero-order chi connectivity index (χ0) is 10.9. The first-order valence-corrected chi connectivity index (χ1v) is 5.55. The molecule has 1 aromatic carbocycles. The van der Waals surface area contributed by atoms with Crippen molar-refractivity contribution in [2.24, 2.45) is 0 Å². The maximum atomic E-state index is 10.9. The monoisotopic (exact) mass is 243 g/mol. The lowest BCUT2D eigenvalue weighted by Crippen LogP contribution is -1.97. The van der Waals surface area contributed by atoms with Crippen LogP contribution < -0.4 is 5.16 Å². The van der Waals surface area contributed by atoms with E-state index in [1.54, 1.807) is 18.3 Å². The van der Waals surface area contributed by atoms with E-state index in [9.17, 15) is 8.42 Å². The van der Waals surface area contributed by atoms with Gasteiger partial charge in [-0.3, -0.25) is 4.55 Å². The summed E-state index contributed by atoms with van der Waals surface area (Å²) in [6.07, 6.45) is 1.58. The molecule has 0 aliphatic carbocycles. The lowest BCUT2D eigenvalue weighted by atomic mass is 10.2. The van der Waals surface area contributed by atoms with Gasteiger partial charge in [0, 0.05) is 5.56 Å². The van der Waals surface area contributed by atoms with Crippen LogP contribution in [0.15, 0.2) is 45.9 Å². The largest absolute Gasteiger partial charge is 0.870 e. The average Bonchev–Trinajstić information content (AvgIpc) is 2.69. The summed E-state index contributed by atoms with van der Waals surface area (Å²) >= 11 is 0. The minimum atomic E-state index is -4.17. The molecular formula is C9H9NO5S. The molecule has 1 heterocycles. The van der Waals surface area contributed by atoms with Gasteiger partial charge >= 0.3 is 0 Å². The zero-order valence-corrected chi connectivity index (χ0v) is 8.81. The fourth-order valence-electron chi connectivity index (χ4n) is 1.21. The summed E-state index contributed by atoms with van der Waals surface area (Å²) in [5, 5.41) is 2.50. The van der Waals surface area contributed by atoms with Crippen molar-refractivity contribution in [2.75, 3.05) is 0 Å². The third-order valence-electron chi connectivity index (χ3n) is 1.89. The molecular weight excluding hydrogens is 234 g/mol. The molecule has 0 atom stereocenters. The van der Waals surface area contributed by atoms with Crippen LogP contribution in [0.25, 0.3) is 11.3 Å². The Labute approximate surface area is 91.6 Å². The first-order chi connectivity index (χ1) is 7.07. The molecule has 1 aromatic heterocycles. The molecule has 0 fully saturated rings. The van der Waals surface area contributed by atoms with Crippen molar-refractivity contribution in [3.05, 3.63) is 36.5 Å². The number of aromatic amines is 1. The second-order valence-corrected chi connectivity index (χ2v) is 4.34. The van der Waals surface area contributed by atoms with Gasteiger partial charge in [-0.2, -0.15) is 8.42 Å². The number of nitrogens with one attached hydrogen (secondary N) is 1. The molecule has 16 heavy (non-hydrogen) atoms. The normalized spacial score (nSPS) is 10.8. The van der Waals surface area contributed by atoms with Crippen LogP contribution in [-0.2, 0) is 10.1 Å². The van der Waals surface area contributed by atoms with E-state index in [4.69, 9.17) is 9.08 Å². The molecule has 0 spiro atoms. The van der Waals surface area contributed by atoms with Gasteiger partial charge in [0.25, 0.3) is 10.1 Å². The summed E-state index contributed by atoms with van der Waals surface area (Å²) in [6.45, 7) is 0. The number of aromatic nitrogens is 1. The third kappa shape index (κ3) is 2.45. The van der Waals surface area contributed by atoms with E-state index >= 15 is 0 Å². The molecule has 0 bridgehead atoms. The van der Waals surface area contributed by atoms with Crippen molar-refractivity contribution in [1.82, 2.24) is 0 Å². The molecule has 6 nitrogen and oxygen atoms in total. The highest BCUT2D eigenvalue weighted by Gasteiger charge is 2.12. The summed E-state index contributed by atoms with van der Waals surface area (Å²) < 4.78 is 35.6. The Hall–Kier alpha value is -1.70. The molecule has 2 rings (SSSR count). The highest BCUT2D eigenvalue weighted by Crippen LogP contribution is 2.20. The number of H-pyrrole nitrogens is 1. The van der Waals surface area contributed by atoms with Crippen LogP contribution in [-0.4, -0.2) is 18.4 Å². The molecule has 0 aliphatic rings. The molecule has 0 saturated carbocycles. The molecule has 86 valence electrons. The van der Waals surface area contributed by atoms with E-state index in [1.165, 1.54) is 18.2 Å². The minimum Gasteiger partial charge on any atom is -0.870 e. The van der Waals surface area contributed by atoms with Gasteiger partial charge in [0.1, 0.15) is 0 Å². The van der Waals surface area contributed by atoms with Crippen molar-refractivity contribution in [3.63, 3.8) is 0 Å². The summed E-state index contributed by atoms with van der Waals surface area (Å²) in [5.41, 5.74) is 0.575. The number of rotatable bonds is 2. The highest BCUT2D eigenvalue weighted by molar-refractivity contribution is 7.85. The summed E-state index contributed by atoms with van der Waals surface area (Å²) in [7, 11) is -4.17. The highest BCUT2D eigenvalue weighted by atomic mass is 32.2. The molecule has 0 unspecified atom stereocenters. The van der Waals surface area contributed by atoms with Gasteiger partial charge in [-0.1, -0.05) is 12.1 Å². The van der Waals surface area contributed by atoms with Crippen LogP contribution in [0.5, 0.6) is 0 Å². The predicted molar refractivity (Wildman–Crippen MR) is 52.5 cm³/mol. The van der Waals surface area contributed by atoms with Crippen molar-refractivity contribution >= 4 is 10.1 Å². The van der Waals surface area contributed by atoms with E-state index < -0.39 is 10.1 Å². The fourth-order valence-corrected chi connectivity index (χ4v) is 1.73. The van der Waals surface area contributed by atoms with Gasteiger partial charge in [-0.15, -0.1) is 0 Å². The zero-order valence-electron chi connectivity index (χ0n) is 7.99. The van der Waals surface area contributed by atoms with Gasteiger partial charge in [-0.05, 0) is 17.3 Å². The first-order valence-electron chi connectivity index (χ1n) is 4.11.